The maximum Gasteiger partial charge on any atom is 0.191 e. The third kappa shape index (κ3) is 4.82. The zero-order valence-electron chi connectivity index (χ0n) is 11.9. The van der Waals surface area contributed by atoms with Crippen molar-refractivity contribution < 1.29 is 9.47 Å². The van der Waals surface area contributed by atoms with E-state index in [1.165, 1.54) is 5.56 Å². The fraction of sp³-hybridized carbons (Fsp3) is 0.500. The number of aliphatic imine (C=N–C) groups is 1. The summed E-state index contributed by atoms with van der Waals surface area (Å²) in [5.41, 5.74) is 1.27. The Morgan fingerprint density at radius 1 is 1.40 bits per heavy atom. The molecule has 1 unspecified atom stereocenters. The van der Waals surface area contributed by atoms with E-state index in [1.807, 2.05) is 18.2 Å². The molecule has 0 saturated carbocycles. The smallest absolute Gasteiger partial charge is 0.191 e. The fourth-order valence-corrected chi connectivity index (χ4v) is 2.07. The normalized spacial score (nSPS) is 16.9. The van der Waals surface area contributed by atoms with Crippen LogP contribution in [0.3, 0.4) is 0 Å². The van der Waals surface area contributed by atoms with Crippen LogP contribution < -0.4 is 15.4 Å². The van der Waals surface area contributed by atoms with Gasteiger partial charge in [-0.05, 0) is 11.6 Å². The van der Waals surface area contributed by atoms with Crippen LogP contribution in [0.5, 0.6) is 5.75 Å². The molecule has 0 fully saturated rings. The molecule has 0 amide bonds. The van der Waals surface area contributed by atoms with Gasteiger partial charge in [0.15, 0.2) is 5.96 Å². The first-order valence-corrected chi connectivity index (χ1v) is 6.51. The third-order valence-corrected chi connectivity index (χ3v) is 3.03. The molecule has 0 spiro atoms. The molecule has 5 nitrogen and oxygen atoms in total. The van der Waals surface area contributed by atoms with Gasteiger partial charge >= 0.3 is 0 Å². The van der Waals surface area contributed by atoms with Gasteiger partial charge in [0, 0.05) is 27.1 Å². The molecule has 6 heteroatoms. The lowest BCUT2D eigenvalue weighted by Crippen LogP contribution is -2.43. The largest absolute Gasteiger partial charge is 0.488 e. The van der Waals surface area contributed by atoms with E-state index in [-0.39, 0.29) is 30.1 Å². The Morgan fingerprint density at radius 3 is 2.90 bits per heavy atom. The van der Waals surface area contributed by atoms with E-state index < -0.39 is 0 Å². The summed E-state index contributed by atoms with van der Waals surface area (Å²) < 4.78 is 10.8. The molecule has 0 bridgehead atoms. The van der Waals surface area contributed by atoms with Gasteiger partial charge in [0.2, 0.25) is 0 Å². The second-order valence-corrected chi connectivity index (χ2v) is 4.42. The number of nitrogens with zero attached hydrogens (tertiary/aromatic N) is 1. The van der Waals surface area contributed by atoms with Gasteiger partial charge in [0.05, 0.1) is 13.2 Å². The van der Waals surface area contributed by atoms with Gasteiger partial charge in [-0.1, -0.05) is 18.2 Å². The van der Waals surface area contributed by atoms with E-state index in [4.69, 9.17) is 9.47 Å². The van der Waals surface area contributed by atoms with Gasteiger partial charge in [0.1, 0.15) is 11.9 Å². The van der Waals surface area contributed by atoms with Crippen molar-refractivity contribution in [3.8, 4) is 5.75 Å². The van der Waals surface area contributed by atoms with Crippen molar-refractivity contribution in [3.63, 3.8) is 0 Å². The highest BCUT2D eigenvalue weighted by molar-refractivity contribution is 14.0. The average Bonchev–Trinajstić information content (AvgIpc) is 2.85. The number of nitrogens with one attached hydrogen (secondary N) is 2. The predicted molar refractivity (Wildman–Crippen MR) is 91.2 cm³/mol. The first-order valence-electron chi connectivity index (χ1n) is 6.51. The first-order chi connectivity index (χ1) is 9.33. The van der Waals surface area contributed by atoms with Crippen LogP contribution in [-0.2, 0) is 11.2 Å². The van der Waals surface area contributed by atoms with E-state index in [1.54, 1.807) is 14.2 Å². The molecule has 2 rings (SSSR count). The number of hydrogen-bond acceptors (Lipinski definition) is 3. The number of ether oxygens (including phenoxy) is 2. The van der Waals surface area contributed by atoms with E-state index in [9.17, 15) is 0 Å². The molecule has 2 N–H and O–H groups in total. The van der Waals surface area contributed by atoms with Crippen LogP contribution in [-0.4, -0.2) is 45.9 Å². The summed E-state index contributed by atoms with van der Waals surface area (Å²) in [6.45, 7) is 2.13. The van der Waals surface area contributed by atoms with E-state index in [0.717, 1.165) is 31.2 Å². The minimum atomic E-state index is 0. The fourth-order valence-electron chi connectivity index (χ4n) is 2.07. The van der Waals surface area contributed by atoms with Gasteiger partial charge in [-0.2, -0.15) is 0 Å². The number of halogens is 1. The van der Waals surface area contributed by atoms with Crippen molar-refractivity contribution in [1.82, 2.24) is 10.6 Å². The van der Waals surface area contributed by atoms with E-state index in [0.29, 0.717) is 6.61 Å². The molecular formula is C14H22IN3O2. The molecule has 0 radical (unpaired) electrons. The molecule has 0 aliphatic carbocycles. The quantitative estimate of drug-likeness (QED) is 0.345. The van der Waals surface area contributed by atoms with Crippen molar-refractivity contribution >= 4 is 29.9 Å². The Hall–Kier alpha value is -1.02. The summed E-state index contributed by atoms with van der Waals surface area (Å²) in [5.74, 6) is 1.77. The number of para-hydroxylation sites is 1. The van der Waals surface area contributed by atoms with Crippen molar-refractivity contribution in [3.05, 3.63) is 29.8 Å². The van der Waals surface area contributed by atoms with Crippen LogP contribution in [0.2, 0.25) is 0 Å². The van der Waals surface area contributed by atoms with Gasteiger partial charge in [0.25, 0.3) is 0 Å². The lowest BCUT2D eigenvalue weighted by Gasteiger charge is -2.15. The third-order valence-electron chi connectivity index (χ3n) is 3.03. The Labute approximate surface area is 137 Å². The molecule has 1 aromatic carbocycles. The van der Waals surface area contributed by atoms with Gasteiger partial charge < -0.3 is 20.1 Å². The molecule has 1 aromatic rings. The molecule has 112 valence electrons. The van der Waals surface area contributed by atoms with E-state index in [2.05, 4.69) is 21.7 Å². The highest BCUT2D eigenvalue weighted by atomic mass is 127. The number of fused-ring (bicyclic) bond motifs is 1. The van der Waals surface area contributed by atoms with Gasteiger partial charge in [-0.25, -0.2) is 0 Å². The van der Waals surface area contributed by atoms with Crippen LogP contribution in [0.1, 0.15) is 5.56 Å². The Bertz CT molecular complexity index is 415. The lowest BCUT2D eigenvalue weighted by molar-refractivity contribution is 0.203. The summed E-state index contributed by atoms with van der Waals surface area (Å²) in [5, 5.41) is 6.44. The summed E-state index contributed by atoms with van der Waals surface area (Å²) >= 11 is 0. The van der Waals surface area contributed by atoms with Crippen LogP contribution >= 0.6 is 24.0 Å². The molecule has 20 heavy (non-hydrogen) atoms. The highest BCUT2D eigenvalue weighted by Gasteiger charge is 2.22. The maximum absolute atomic E-state index is 5.86. The Balaban J connectivity index is 0.00000200. The van der Waals surface area contributed by atoms with Crippen LogP contribution in [0.25, 0.3) is 0 Å². The highest BCUT2D eigenvalue weighted by Crippen LogP contribution is 2.27. The van der Waals surface area contributed by atoms with Crippen molar-refractivity contribution in [2.75, 3.05) is 33.9 Å². The second kappa shape index (κ2) is 9.02. The molecule has 1 aliphatic heterocycles. The van der Waals surface area contributed by atoms with E-state index >= 15 is 0 Å². The number of methoxy groups -OCH3 is 1. The number of guanidine groups is 1. The monoisotopic (exact) mass is 391 g/mol. The standard InChI is InChI=1S/C14H21N3O2.HI/c1-15-14(16-7-8-18-2)17-10-12-9-11-5-3-4-6-13(11)19-12;/h3-6,12H,7-10H2,1-2H3,(H2,15,16,17);1H. The predicted octanol–water partition coefficient (Wildman–Crippen LogP) is 1.42. The summed E-state index contributed by atoms with van der Waals surface area (Å²) in [4.78, 5) is 4.15. The molecular weight excluding hydrogens is 369 g/mol. The summed E-state index contributed by atoms with van der Waals surface area (Å²) in [6.07, 6.45) is 1.11. The Kier molecular flexibility index (Phi) is 7.68. The van der Waals surface area contributed by atoms with Gasteiger partial charge in [-0.15, -0.1) is 24.0 Å². The minimum absolute atomic E-state index is 0. The van der Waals surface area contributed by atoms with Crippen LogP contribution in [0.15, 0.2) is 29.3 Å². The molecule has 1 heterocycles. The lowest BCUT2D eigenvalue weighted by atomic mass is 10.1. The number of benzene rings is 1. The topological polar surface area (TPSA) is 54.9 Å². The minimum Gasteiger partial charge on any atom is -0.488 e. The number of hydrogen-bond donors (Lipinski definition) is 2. The first kappa shape index (κ1) is 17.0. The van der Waals surface area contributed by atoms with Crippen LogP contribution in [0.4, 0.5) is 0 Å². The summed E-state index contributed by atoms with van der Waals surface area (Å²) in [6, 6.07) is 8.17. The molecule has 0 aromatic heterocycles. The summed E-state index contributed by atoms with van der Waals surface area (Å²) in [7, 11) is 3.44. The van der Waals surface area contributed by atoms with Crippen molar-refractivity contribution in [2.24, 2.45) is 4.99 Å². The molecule has 1 aliphatic rings. The Morgan fingerprint density at radius 2 is 2.20 bits per heavy atom. The molecule has 0 saturated heterocycles. The second-order valence-electron chi connectivity index (χ2n) is 4.42. The van der Waals surface area contributed by atoms with Crippen molar-refractivity contribution in [1.29, 1.82) is 0 Å². The zero-order valence-corrected chi connectivity index (χ0v) is 14.2. The van der Waals surface area contributed by atoms with Crippen LogP contribution in [0, 0.1) is 0 Å². The average molecular weight is 391 g/mol. The van der Waals surface area contributed by atoms with Crippen molar-refractivity contribution in [2.45, 2.75) is 12.5 Å². The maximum atomic E-state index is 5.86. The molecule has 1 atom stereocenters. The SMILES string of the molecule is CN=C(NCCOC)NCC1Cc2ccccc2O1.I. The van der Waals surface area contributed by atoms with Gasteiger partial charge in [-0.3, -0.25) is 4.99 Å². The zero-order chi connectivity index (χ0) is 13.5. The number of rotatable bonds is 5.